The Morgan fingerprint density at radius 1 is 0.490 bits per heavy atom. The molecule has 0 fully saturated rings. The number of hydrogen-bond donors (Lipinski definition) is 2. The van der Waals surface area contributed by atoms with E-state index in [9.17, 15) is 28.8 Å². The molecule has 1 atom stereocenters. The van der Waals surface area contributed by atoms with Gasteiger partial charge < -0.3 is 29.2 Å². The Morgan fingerprint density at radius 3 is 1.12 bits per heavy atom. The largest absolute Gasteiger partial charge is 0.481 e. The minimum Gasteiger partial charge on any atom is -0.481 e. The van der Waals surface area contributed by atoms with E-state index >= 15 is 0 Å². The van der Waals surface area contributed by atoms with Crippen LogP contribution in [-0.4, -0.2) is 72.5 Å². The third-order valence-electron chi connectivity index (χ3n) is 6.66. The fraction of sp³-hybridized carbons (Fsp3) is 0.368. The van der Waals surface area contributed by atoms with E-state index in [0.717, 1.165) is 22.3 Å². The lowest BCUT2D eigenvalue weighted by Crippen LogP contribution is -2.15. The fourth-order valence-electron chi connectivity index (χ4n) is 4.52. The number of aliphatic carboxylic acids is 2. The zero-order valence-corrected chi connectivity index (χ0v) is 30.8. The van der Waals surface area contributed by atoms with Gasteiger partial charge in [-0.1, -0.05) is 88.7 Å². The van der Waals surface area contributed by atoms with Crippen molar-refractivity contribution in [3.8, 4) is 0 Å². The van der Waals surface area contributed by atoms with E-state index in [1.165, 1.54) is 0 Å². The number of rotatable bonds is 16. The van der Waals surface area contributed by atoms with Gasteiger partial charge in [0.1, 0.15) is 4.83 Å². The predicted octanol–water partition coefficient (Wildman–Crippen LogP) is 5.63. The number of carbonyl (C=O) groups is 6. The first-order valence-electron chi connectivity index (χ1n) is 16.3. The van der Waals surface area contributed by atoms with Crippen LogP contribution in [0.5, 0.6) is 0 Å². The van der Waals surface area contributed by atoms with Gasteiger partial charge in [-0.05, 0) is 61.1 Å². The van der Waals surface area contributed by atoms with Crippen molar-refractivity contribution >= 4 is 51.7 Å². The van der Waals surface area contributed by atoms with Gasteiger partial charge >= 0.3 is 35.8 Å². The highest BCUT2D eigenvalue weighted by Gasteiger charge is 2.22. The van der Waals surface area contributed by atoms with E-state index in [4.69, 9.17) is 29.2 Å². The molecule has 0 saturated heterocycles. The number of carboxylic acids is 2. The first-order valence-corrected chi connectivity index (χ1v) is 17.2. The second kappa shape index (κ2) is 25.0. The Morgan fingerprint density at radius 2 is 0.784 bits per heavy atom. The van der Waals surface area contributed by atoms with Crippen molar-refractivity contribution in [2.45, 2.75) is 64.6 Å². The molecule has 0 saturated carbocycles. The fourth-order valence-corrected chi connectivity index (χ4v) is 5.10. The minimum atomic E-state index is -0.956. The smallest absolute Gasteiger partial charge is 0.324 e. The molecule has 0 radical (unpaired) electrons. The molecule has 0 spiro atoms. The Hall–Kier alpha value is -5.04. The number of halogens is 1. The number of esters is 4. The summed E-state index contributed by atoms with van der Waals surface area (Å²) in [5, 5.41) is 17.2. The van der Waals surface area contributed by atoms with Crippen LogP contribution in [0.2, 0.25) is 0 Å². The first-order chi connectivity index (χ1) is 24.4. The van der Waals surface area contributed by atoms with Gasteiger partial charge in [-0.25, -0.2) is 0 Å². The van der Waals surface area contributed by atoms with Crippen molar-refractivity contribution < 1.29 is 57.9 Å². The number of ether oxygens (including phenoxy) is 4. The predicted molar refractivity (Wildman–Crippen MR) is 191 cm³/mol. The molecule has 0 aromatic heterocycles. The molecule has 3 aromatic rings. The van der Waals surface area contributed by atoms with Crippen LogP contribution in [0.3, 0.4) is 0 Å². The maximum atomic E-state index is 11.7. The molecule has 0 aliphatic rings. The highest BCUT2D eigenvalue weighted by molar-refractivity contribution is 9.09. The standard InChI is InChI=1S/C14H17BrO4.C14H18O4.C10H10O4/c1-3-18-12(16)9-10-7-5-6-8-11(10)13(15)14(17)19-4-2;1-3-17-13(15)9-11-7-5-6-8-12(11)10-14(16)18-4-2;11-9(12)5-7-3-1-2-4-8(7)6-10(13)14/h5-8,13H,3-4,9H2,1-2H3;5-8H,3-4,9-10H2,1-2H3;1-4H,5-6H2,(H,11,12)(H,13,14). The third kappa shape index (κ3) is 18.0. The molecule has 51 heavy (non-hydrogen) atoms. The van der Waals surface area contributed by atoms with E-state index in [1.807, 2.05) is 36.4 Å². The van der Waals surface area contributed by atoms with Crippen molar-refractivity contribution in [1.82, 2.24) is 0 Å². The normalized spacial score (nSPS) is 10.5. The summed E-state index contributed by atoms with van der Waals surface area (Å²) in [6, 6.07) is 21.2. The summed E-state index contributed by atoms with van der Waals surface area (Å²) in [4.78, 5) is 66.5. The van der Waals surface area contributed by atoms with Gasteiger partial charge in [-0.3, -0.25) is 28.8 Å². The Kier molecular flexibility index (Phi) is 21.6. The van der Waals surface area contributed by atoms with Crippen LogP contribution in [0, 0.1) is 0 Å². The SMILES string of the molecule is CCOC(=O)Cc1ccccc1C(Br)C(=O)OCC.CCOC(=O)Cc1ccccc1CC(=O)OCC.O=C(O)Cc1ccccc1CC(=O)O. The molecular weight excluding hydrogens is 728 g/mol. The van der Waals surface area contributed by atoms with Gasteiger partial charge in [0.2, 0.25) is 0 Å². The van der Waals surface area contributed by atoms with Gasteiger partial charge in [0, 0.05) is 0 Å². The van der Waals surface area contributed by atoms with E-state index in [2.05, 4.69) is 15.9 Å². The summed E-state index contributed by atoms with van der Waals surface area (Å²) in [6.07, 6.45) is 0.241. The molecule has 2 N–H and O–H groups in total. The van der Waals surface area contributed by atoms with Crippen LogP contribution in [0.4, 0.5) is 0 Å². The van der Waals surface area contributed by atoms with Gasteiger partial charge in [-0.15, -0.1) is 0 Å². The molecule has 276 valence electrons. The Labute approximate surface area is 306 Å². The lowest BCUT2D eigenvalue weighted by atomic mass is 10.0. The van der Waals surface area contributed by atoms with Gasteiger partial charge in [0.25, 0.3) is 0 Å². The maximum absolute atomic E-state index is 11.7. The maximum Gasteiger partial charge on any atom is 0.324 e. The lowest BCUT2D eigenvalue weighted by molar-refractivity contribution is -0.143. The van der Waals surface area contributed by atoms with Crippen molar-refractivity contribution in [2.75, 3.05) is 26.4 Å². The molecule has 0 heterocycles. The molecular formula is C38H45BrO12. The van der Waals surface area contributed by atoms with Crippen LogP contribution in [-0.2, 0) is 79.8 Å². The van der Waals surface area contributed by atoms with Gasteiger partial charge in [0.05, 0.1) is 58.5 Å². The molecule has 0 aliphatic carbocycles. The number of carboxylic acid groups (broad SMARTS) is 2. The van der Waals surface area contributed by atoms with Crippen molar-refractivity contribution in [1.29, 1.82) is 0 Å². The van der Waals surface area contributed by atoms with Crippen molar-refractivity contribution in [3.63, 3.8) is 0 Å². The van der Waals surface area contributed by atoms with Gasteiger partial charge in [-0.2, -0.15) is 0 Å². The van der Waals surface area contributed by atoms with E-state index < -0.39 is 16.8 Å². The number of carbonyl (C=O) groups excluding carboxylic acids is 4. The second-order valence-corrected chi connectivity index (χ2v) is 11.4. The van der Waals surface area contributed by atoms with Crippen molar-refractivity contribution in [2.24, 2.45) is 0 Å². The van der Waals surface area contributed by atoms with Crippen LogP contribution in [0.1, 0.15) is 65.9 Å². The van der Waals surface area contributed by atoms with Gasteiger partial charge in [0.15, 0.2) is 0 Å². The quantitative estimate of drug-likeness (QED) is 0.104. The van der Waals surface area contributed by atoms with E-state index in [0.29, 0.717) is 37.6 Å². The van der Waals surface area contributed by atoms with Crippen LogP contribution in [0.15, 0.2) is 72.8 Å². The minimum absolute atomic E-state index is 0.135. The highest BCUT2D eigenvalue weighted by atomic mass is 79.9. The average Bonchev–Trinajstić information content (AvgIpc) is 3.07. The molecule has 3 rings (SSSR count). The van der Waals surface area contributed by atoms with Crippen molar-refractivity contribution in [3.05, 3.63) is 106 Å². The first kappa shape index (κ1) is 44.0. The summed E-state index contributed by atoms with van der Waals surface area (Å²) in [7, 11) is 0. The summed E-state index contributed by atoms with van der Waals surface area (Å²) in [5.74, 6) is -3.15. The summed E-state index contributed by atoms with van der Waals surface area (Å²) < 4.78 is 19.7. The molecule has 12 nitrogen and oxygen atoms in total. The highest BCUT2D eigenvalue weighted by Crippen LogP contribution is 2.28. The molecule has 0 bridgehead atoms. The average molecular weight is 774 g/mol. The Balaban J connectivity index is 0.000000387. The molecule has 0 aliphatic heterocycles. The monoisotopic (exact) mass is 772 g/mol. The molecule has 0 amide bonds. The number of alkyl halides is 1. The van der Waals surface area contributed by atoms with E-state index in [-0.39, 0.29) is 56.0 Å². The number of hydrogen-bond acceptors (Lipinski definition) is 10. The molecule has 3 aromatic carbocycles. The number of benzene rings is 3. The summed E-state index contributed by atoms with van der Waals surface area (Å²) in [5.41, 5.74) is 4.22. The lowest BCUT2D eigenvalue weighted by Gasteiger charge is -2.13. The second-order valence-electron chi connectivity index (χ2n) is 10.4. The van der Waals surface area contributed by atoms with Crippen LogP contribution < -0.4 is 0 Å². The molecule has 13 heteroatoms. The van der Waals surface area contributed by atoms with E-state index in [1.54, 1.807) is 64.1 Å². The summed E-state index contributed by atoms with van der Waals surface area (Å²) in [6.45, 7) is 8.43. The zero-order valence-electron chi connectivity index (χ0n) is 29.2. The third-order valence-corrected chi connectivity index (χ3v) is 7.53. The Bertz CT molecular complexity index is 1510. The topological polar surface area (TPSA) is 180 Å². The zero-order chi connectivity index (χ0) is 38.2. The van der Waals surface area contributed by atoms with Crippen LogP contribution >= 0.6 is 15.9 Å². The summed E-state index contributed by atoms with van der Waals surface area (Å²) >= 11 is 3.31. The molecule has 1 unspecified atom stereocenters. The van der Waals surface area contributed by atoms with Crippen LogP contribution in [0.25, 0.3) is 0 Å².